The first-order valence-corrected chi connectivity index (χ1v) is 7.67. The second-order valence-electron chi connectivity index (χ2n) is 6.07. The zero-order chi connectivity index (χ0) is 16.0. The Labute approximate surface area is 133 Å². The molecule has 3 saturated heterocycles. The zero-order valence-electron chi connectivity index (χ0n) is 12.7. The van der Waals surface area contributed by atoms with Crippen LogP contribution in [0.1, 0.15) is 11.9 Å². The minimum atomic E-state index is -1.60. The van der Waals surface area contributed by atoms with Crippen LogP contribution >= 0.6 is 0 Å². The number of hydrogen-bond acceptors (Lipinski definition) is 7. The van der Waals surface area contributed by atoms with Crippen molar-refractivity contribution in [1.82, 2.24) is 0 Å². The van der Waals surface area contributed by atoms with Gasteiger partial charge < -0.3 is 33.9 Å². The van der Waals surface area contributed by atoms with Crippen molar-refractivity contribution in [2.24, 2.45) is 0 Å². The number of rotatable bonds is 2. The lowest BCUT2D eigenvalue weighted by atomic mass is 9.81. The van der Waals surface area contributed by atoms with Gasteiger partial charge in [-0.2, -0.15) is 0 Å². The molecule has 7 heteroatoms. The Morgan fingerprint density at radius 2 is 1.87 bits per heavy atom. The van der Waals surface area contributed by atoms with E-state index >= 15 is 0 Å². The first-order chi connectivity index (χ1) is 11.1. The van der Waals surface area contributed by atoms with Gasteiger partial charge in [-0.3, -0.25) is 0 Å². The van der Waals surface area contributed by atoms with Gasteiger partial charge in [-0.05, 0) is 0 Å². The van der Waals surface area contributed by atoms with Crippen molar-refractivity contribution in [3.63, 3.8) is 0 Å². The second kappa shape index (κ2) is 5.78. The largest absolute Gasteiger partial charge is 0.387 e. The smallest absolute Gasteiger partial charge is 0.186 e. The summed E-state index contributed by atoms with van der Waals surface area (Å²) in [4.78, 5) is 0. The van der Waals surface area contributed by atoms with Crippen LogP contribution in [0.4, 0.5) is 0 Å². The van der Waals surface area contributed by atoms with E-state index < -0.39 is 42.6 Å². The molecule has 126 valence electrons. The maximum atomic E-state index is 11.1. The number of benzene rings is 1. The molecule has 0 unspecified atom stereocenters. The Morgan fingerprint density at radius 1 is 1.09 bits per heavy atom. The highest BCUT2D eigenvalue weighted by Gasteiger charge is 2.66. The van der Waals surface area contributed by atoms with Gasteiger partial charge in [0.2, 0.25) is 0 Å². The predicted octanol–water partition coefficient (Wildman–Crippen LogP) is -0.0373. The van der Waals surface area contributed by atoms with Gasteiger partial charge in [0.15, 0.2) is 18.2 Å². The highest BCUT2D eigenvalue weighted by Crippen LogP contribution is 2.44. The molecule has 0 spiro atoms. The number of ether oxygens (including phenoxy) is 5. The molecule has 4 rings (SSSR count). The first kappa shape index (κ1) is 15.5. The van der Waals surface area contributed by atoms with E-state index in [2.05, 4.69) is 0 Å². The van der Waals surface area contributed by atoms with Crippen LogP contribution in [0.25, 0.3) is 0 Å². The molecule has 3 aliphatic rings. The minimum absolute atomic E-state index is 0.00777. The van der Waals surface area contributed by atoms with Crippen LogP contribution in [-0.2, 0) is 23.7 Å². The van der Waals surface area contributed by atoms with Crippen molar-refractivity contribution in [3.05, 3.63) is 35.9 Å². The van der Waals surface area contributed by atoms with Crippen LogP contribution < -0.4 is 0 Å². The summed E-state index contributed by atoms with van der Waals surface area (Å²) < 4.78 is 28.2. The van der Waals surface area contributed by atoms with Crippen molar-refractivity contribution in [3.8, 4) is 0 Å². The normalized spacial score (nSPS) is 46.2. The number of hydrogen-bond donors (Lipinski definition) is 2. The van der Waals surface area contributed by atoms with Crippen LogP contribution in [0, 0.1) is 0 Å². The maximum absolute atomic E-state index is 11.1. The number of fused-ring (bicyclic) bond motifs is 3. The molecule has 7 atom stereocenters. The second-order valence-corrected chi connectivity index (χ2v) is 6.07. The monoisotopic (exact) mass is 324 g/mol. The molecule has 0 radical (unpaired) electrons. The number of aliphatic hydroxyl groups excluding tert-OH is 1. The topological polar surface area (TPSA) is 86.6 Å². The average Bonchev–Trinajstić information content (AvgIpc) is 2.91. The fourth-order valence-corrected chi connectivity index (χ4v) is 3.55. The van der Waals surface area contributed by atoms with E-state index in [9.17, 15) is 10.2 Å². The molecule has 23 heavy (non-hydrogen) atoms. The highest BCUT2D eigenvalue weighted by molar-refractivity contribution is 5.18. The van der Waals surface area contributed by atoms with E-state index in [-0.39, 0.29) is 13.2 Å². The number of methoxy groups -OCH3 is 1. The first-order valence-electron chi connectivity index (χ1n) is 7.67. The third-order valence-corrected chi connectivity index (χ3v) is 4.76. The molecule has 3 aliphatic heterocycles. The molecular weight excluding hydrogens is 304 g/mol. The van der Waals surface area contributed by atoms with Crippen LogP contribution in [0.2, 0.25) is 0 Å². The molecule has 0 amide bonds. The van der Waals surface area contributed by atoms with Gasteiger partial charge in [-0.15, -0.1) is 0 Å². The molecular formula is C16H20O7. The van der Waals surface area contributed by atoms with Crippen molar-refractivity contribution in [1.29, 1.82) is 0 Å². The van der Waals surface area contributed by atoms with Gasteiger partial charge in [0.1, 0.15) is 24.4 Å². The predicted molar refractivity (Wildman–Crippen MR) is 76.4 cm³/mol. The summed E-state index contributed by atoms with van der Waals surface area (Å²) in [6.07, 6.45) is -4.60. The van der Waals surface area contributed by atoms with Crippen molar-refractivity contribution in [2.75, 3.05) is 20.3 Å². The average molecular weight is 324 g/mol. The molecule has 1 aromatic carbocycles. The molecule has 7 nitrogen and oxygen atoms in total. The molecule has 2 N–H and O–H groups in total. The van der Waals surface area contributed by atoms with Gasteiger partial charge in [0.25, 0.3) is 0 Å². The van der Waals surface area contributed by atoms with E-state index in [0.29, 0.717) is 0 Å². The Hall–Kier alpha value is -1.06. The molecule has 0 saturated carbocycles. The van der Waals surface area contributed by atoms with Gasteiger partial charge in [-0.25, -0.2) is 0 Å². The van der Waals surface area contributed by atoms with E-state index in [4.69, 9.17) is 23.7 Å². The van der Waals surface area contributed by atoms with E-state index in [1.165, 1.54) is 7.11 Å². The summed E-state index contributed by atoms with van der Waals surface area (Å²) in [6, 6.07) is 9.45. The Morgan fingerprint density at radius 3 is 2.61 bits per heavy atom. The summed E-state index contributed by atoms with van der Waals surface area (Å²) in [6.45, 7) is 0.236. The summed E-state index contributed by atoms with van der Waals surface area (Å²) in [5.41, 5.74) is -0.756. The van der Waals surface area contributed by atoms with E-state index in [0.717, 1.165) is 5.56 Å². The standard InChI is InChI=1S/C16H20O7/c1-19-15-13-16(18,11(17)8-20-13)12-10(22-15)7-21-14(23-12)9-5-3-2-4-6-9/h2-6,10-15,17-18H,7-8H2,1H3/t10-,11-,12-,13+,14-,15+,16+/m1/s1. The van der Waals surface area contributed by atoms with Crippen LogP contribution in [0.5, 0.6) is 0 Å². The minimum Gasteiger partial charge on any atom is -0.387 e. The van der Waals surface area contributed by atoms with Gasteiger partial charge in [-0.1, -0.05) is 30.3 Å². The quantitative estimate of drug-likeness (QED) is 0.789. The third kappa shape index (κ3) is 2.32. The third-order valence-electron chi connectivity index (χ3n) is 4.76. The molecule has 3 heterocycles. The van der Waals surface area contributed by atoms with Crippen LogP contribution in [-0.4, -0.2) is 66.8 Å². The fraction of sp³-hybridized carbons (Fsp3) is 0.625. The summed E-state index contributed by atoms with van der Waals surface area (Å²) in [7, 11) is 1.47. The van der Waals surface area contributed by atoms with E-state index in [1.54, 1.807) is 0 Å². The van der Waals surface area contributed by atoms with Gasteiger partial charge in [0.05, 0.1) is 13.2 Å². The molecule has 3 fully saturated rings. The van der Waals surface area contributed by atoms with Crippen molar-refractivity contribution < 1.29 is 33.9 Å². The maximum Gasteiger partial charge on any atom is 0.186 e. The summed E-state index contributed by atoms with van der Waals surface area (Å²) in [5.74, 6) is 0. The lowest BCUT2D eigenvalue weighted by molar-refractivity contribution is -0.380. The Bertz CT molecular complexity index is 553. The Kier molecular flexibility index (Phi) is 3.89. The van der Waals surface area contributed by atoms with Gasteiger partial charge in [0, 0.05) is 12.7 Å². The lowest BCUT2D eigenvalue weighted by Crippen LogP contribution is -2.71. The summed E-state index contributed by atoms with van der Waals surface area (Å²) in [5, 5.41) is 21.4. The van der Waals surface area contributed by atoms with Gasteiger partial charge >= 0.3 is 0 Å². The highest BCUT2D eigenvalue weighted by atomic mass is 16.8. The Balaban J connectivity index is 1.63. The van der Waals surface area contributed by atoms with Crippen LogP contribution in [0.3, 0.4) is 0 Å². The van der Waals surface area contributed by atoms with Crippen molar-refractivity contribution in [2.45, 2.75) is 42.6 Å². The SMILES string of the molecule is CO[C@H]1O[C@@H]2CO[C@@H](c3ccccc3)O[C@H]2[C@@]2(O)[C@H](O)CO[C@@H]12. The summed E-state index contributed by atoms with van der Waals surface area (Å²) >= 11 is 0. The molecule has 1 aromatic rings. The number of aliphatic hydroxyl groups is 2. The molecule has 0 aromatic heterocycles. The zero-order valence-corrected chi connectivity index (χ0v) is 12.7. The van der Waals surface area contributed by atoms with E-state index in [1.807, 2.05) is 30.3 Å². The molecule has 0 aliphatic carbocycles. The lowest BCUT2D eigenvalue weighted by Gasteiger charge is -2.51. The van der Waals surface area contributed by atoms with Crippen molar-refractivity contribution >= 4 is 0 Å². The fourth-order valence-electron chi connectivity index (χ4n) is 3.55. The molecule has 0 bridgehead atoms. The van der Waals surface area contributed by atoms with Crippen LogP contribution in [0.15, 0.2) is 30.3 Å².